The first-order chi connectivity index (χ1) is 19.8. The van der Waals surface area contributed by atoms with Gasteiger partial charge in [-0.3, -0.25) is 4.55 Å². The highest BCUT2D eigenvalue weighted by Gasteiger charge is 2.19. The summed E-state index contributed by atoms with van der Waals surface area (Å²) >= 11 is 0. The van der Waals surface area contributed by atoms with Gasteiger partial charge in [-0.2, -0.15) is 8.42 Å². The molecule has 9 heteroatoms. The Hall–Kier alpha value is -3.24. The van der Waals surface area contributed by atoms with Crippen molar-refractivity contribution in [1.82, 2.24) is 4.58 Å². The predicted octanol–water partition coefficient (Wildman–Crippen LogP) is 5.35. The first kappa shape index (κ1) is 34.0. The molecule has 0 saturated heterocycles. The molecule has 0 bridgehead atoms. The summed E-state index contributed by atoms with van der Waals surface area (Å²) in [5.41, 5.74) is 10.2. The first-order valence-corrected chi connectivity index (χ1v) is 15.8. The molecule has 1 aliphatic carbocycles. The van der Waals surface area contributed by atoms with Crippen molar-refractivity contribution >= 4 is 26.8 Å². The second-order valence-corrected chi connectivity index (χ2v) is 10.8. The van der Waals surface area contributed by atoms with E-state index in [1.807, 2.05) is 0 Å². The Kier molecular flexibility index (Phi) is 14.0. The lowest BCUT2D eigenvalue weighted by Gasteiger charge is -2.22. The Morgan fingerprint density at radius 2 is 1.59 bits per heavy atom. The van der Waals surface area contributed by atoms with E-state index in [0.717, 1.165) is 48.5 Å². The van der Waals surface area contributed by atoms with Gasteiger partial charge < -0.3 is 19.8 Å². The zero-order valence-electron chi connectivity index (χ0n) is 25.3. The number of hydrogen-bond donors (Lipinski definition) is 2. The molecule has 8 nitrogen and oxygen atoms in total. The number of methoxy groups -OCH3 is 1. The number of hydrogen-bond acceptors (Lipinski definition) is 6. The van der Waals surface area contributed by atoms with Crippen LogP contribution in [0, 0.1) is 0 Å². The van der Waals surface area contributed by atoms with E-state index in [0.29, 0.717) is 13.0 Å². The average molecular weight is 585 g/mol. The zero-order valence-corrected chi connectivity index (χ0v) is 26.1. The summed E-state index contributed by atoms with van der Waals surface area (Å²) in [7, 11) is -0.800. The Bertz CT molecular complexity index is 1490. The van der Waals surface area contributed by atoms with Crippen LogP contribution in [0.2, 0.25) is 0 Å². The van der Waals surface area contributed by atoms with Crippen molar-refractivity contribution in [2.75, 3.05) is 57.6 Å². The first-order valence-electron chi connectivity index (χ1n) is 14.2. The lowest BCUT2D eigenvalue weighted by Crippen LogP contribution is -2.29. The van der Waals surface area contributed by atoms with Gasteiger partial charge in [0.05, 0.1) is 11.8 Å². The highest BCUT2D eigenvalue weighted by atomic mass is 32.2. The monoisotopic (exact) mass is 584 g/mol. The molecule has 0 spiro atoms. The maximum Gasteiger partial charge on any atom is 0.264 e. The summed E-state index contributed by atoms with van der Waals surface area (Å²) in [6.07, 6.45) is 0.343. The second kappa shape index (κ2) is 16.9. The van der Waals surface area contributed by atoms with Crippen molar-refractivity contribution in [2.45, 2.75) is 34.1 Å². The zero-order chi connectivity index (χ0) is 30.4. The fourth-order valence-electron chi connectivity index (χ4n) is 4.74. The minimum Gasteiger partial charge on any atom is -0.456 e. The molecule has 3 N–H and O–H groups in total. The van der Waals surface area contributed by atoms with E-state index >= 15 is 0 Å². The summed E-state index contributed by atoms with van der Waals surface area (Å²) in [4.78, 5) is 2.35. The van der Waals surface area contributed by atoms with Gasteiger partial charge in [0.2, 0.25) is 5.36 Å². The SMILES string of the molecule is CCN(CC)c1ccc2c(-c3ccccc3)c3ccc(=[N+](CC)CC)cc-3oc2c1.CN.COCCCS(=O)(=O)O. The van der Waals surface area contributed by atoms with Gasteiger partial charge in [0.25, 0.3) is 10.1 Å². The third kappa shape index (κ3) is 9.39. The summed E-state index contributed by atoms with van der Waals surface area (Å²) in [6, 6.07) is 23.9. The summed E-state index contributed by atoms with van der Waals surface area (Å²) < 4.78 is 41.6. The van der Waals surface area contributed by atoms with Crippen LogP contribution in [0.25, 0.3) is 33.4 Å². The third-order valence-electron chi connectivity index (χ3n) is 6.76. The maximum absolute atomic E-state index is 10.0. The van der Waals surface area contributed by atoms with Gasteiger partial charge in [0, 0.05) is 61.1 Å². The topological polar surface area (TPSA) is 109 Å². The highest BCUT2D eigenvalue weighted by molar-refractivity contribution is 7.85. The number of nitrogens with two attached hydrogens (primary N) is 1. The Morgan fingerprint density at radius 3 is 2.15 bits per heavy atom. The van der Waals surface area contributed by atoms with Crippen molar-refractivity contribution in [3.05, 3.63) is 72.1 Å². The Morgan fingerprint density at radius 1 is 0.927 bits per heavy atom. The van der Waals surface area contributed by atoms with Gasteiger partial charge in [0.1, 0.15) is 24.4 Å². The van der Waals surface area contributed by atoms with Crippen LogP contribution in [0.5, 0.6) is 0 Å². The molecule has 2 aliphatic rings. The van der Waals surface area contributed by atoms with Gasteiger partial charge in [-0.15, -0.1) is 0 Å². The standard InChI is InChI=1S/C27H31N2O.C4H10O4S.CH5N/c1-5-28(6-2)21-14-16-23-25(18-21)30-26-19-22(29(7-3)8-4)15-17-24(26)27(23)20-12-10-9-11-13-20;1-8-3-2-4-9(5,6)7;1-2/h9-19H,5-8H2,1-4H3;2-4H2,1H3,(H,5,6,7);2H2,1H3/q+1;;. The Balaban J connectivity index is 0.000000459. The molecule has 1 aliphatic heterocycles. The number of rotatable bonds is 10. The van der Waals surface area contributed by atoms with Crippen LogP contribution in [-0.4, -0.2) is 65.7 Å². The minimum atomic E-state index is -3.78. The van der Waals surface area contributed by atoms with Crippen molar-refractivity contribution in [2.24, 2.45) is 5.73 Å². The fourth-order valence-corrected chi connectivity index (χ4v) is 5.22. The minimum absolute atomic E-state index is 0.221. The molecule has 41 heavy (non-hydrogen) atoms. The van der Waals surface area contributed by atoms with Gasteiger partial charge >= 0.3 is 0 Å². The van der Waals surface area contributed by atoms with Gasteiger partial charge in [-0.25, -0.2) is 4.58 Å². The van der Waals surface area contributed by atoms with Crippen LogP contribution in [-0.2, 0) is 14.9 Å². The molecular weight excluding hydrogens is 538 g/mol. The van der Waals surface area contributed by atoms with E-state index in [1.54, 1.807) is 0 Å². The van der Waals surface area contributed by atoms with Gasteiger partial charge in [-0.1, -0.05) is 30.3 Å². The lowest BCUT2D eigenvalue weighted by molar-refractivity contribution is 0.199. The lowest BCUT2D eigenvalue weighted by atomic mass is 9.93. The molecule has 0 atom stereocenters. The summed E-state index contributed by atoms with van der Waals surface area (Å²) in [5.74, 6) is 0.711. The number of fused-ring (bicyclic) bond motifs is 2. The summed E-state index contributed by atoms with van der Waals surface area (Å²) in [5, 5.41) is 2.36. The van der Waals surface area contributed by atoms with Crippen LogP contribution in [0.15, 0.2) is 71.1 Å². The van der Waals surface area contributed by atoms with Crippen LogP contribution >= 0.6 is 0 Å². The molecule has 2 aromatic carbocycles. The van der Waals surface area contributed by atoms with E-state index < -0.39 is 10.1 Å². The number of benzene rings is 3. The Labute approximate surface area is 245 Å². The molecule has 2 aromatic rings. The van der Waals surface area contributed by atoms with Crippen molar-refractivity contribution in [3.63, 3.8) is 0 Å². The molecule has 0 fully saturated rings. The van der Waals surface area contributed by atoms with E-state index in [2.05, 4.69) is 114 Å². The van der Waals surface area contributed by atoms with E-state index in [1.165, 1.54) is 36.3 Å². The molecular formula is C32H46N3O5S+. The van der Waals surface area contributed by atoms with Crippen LogP contribution in [0.1, 0.15) is 34.1 Å². The smallest absolute Gasteiger partial charge is 0.264 e. The van der Waals surface area contributed by atoms with Crippen LogP contribution in [0.4, 0.5) is 5.69 Å². The molecule has 0 amide bonds. The maximum atomic E-state index is 10.0. The quantitative estimate of drug-likeness (QED) is 0.112. The van der Waals surface area contributed by atoms with Gasteiger partial charge in [0.15, 0.2) is 0 Å². The van der Waals surface area contributed by atoms with Crippen molar-refractivity contribution < 1.29 is 22.1 Å². The second-order valence-electron chi connectivity index (χ2n) is 9.18. The average Bonchev–Trinajstić information content (AvgIpc) is 2.98. The van der Waals surface area contributed by atoms with E-state index in [4.69, 9.17) is 8.97 Å². The normalized spacial score (nSPS) is 10.9. The van der Waals surface area contributed by atoms with Crippen LogP contribution < -0.4 is 20.6 Å². The summed E-state index contributed by atoms with van der Waals surface area (Å²) in [6.45, 7) is 13.0. The van der Waals surface area contributed by atoms with Crippen molar-refractivity contribution in [1.29, 1.82) is 0 Å². The highest BCUT2D eigenvalue weighted by Crippen LogP contribution is 2.40. The molecule has 0 aromatic heterocycles. The molecule has 224 valence electrons. The predicted molar refractivity (Wildman–Crippen MR) is 171 cm³/mol. The number of anilines is 1. The van der Waals surface area contributed by atoms with E-state index in [-0.39, 0.29) is 5.75 Å². The fraction of sp³-hybridized carbons (Fsp3) is 0.406. The third-order valence-corrected chi connectivity index (χ3v) is 7.56. The molecule has 1 heterocycles. The molecule has 0 unspecified atom stereocenters. The van der Waals surface area contributed by atoms with E-state index in [9.17, 15) is 8.42 Å². The molecule has 0 saturated carbocycles. The molecule has 0 radical (unpaired) electrons. The number of ether oxygens (including phenoxy) is 1. The van der Waals surface area contributed by atoms with Gasteiger partial charge in [-0.05, 0) is 64.9 Å². The largest absolute Gasteiger partial charge is 0.456 e. The molecule has 4 rings (SSSR count). The van der Waals surface area contributed by atoms with Crippen molar-refractivity contribution in [3.8, 4) is 22.5 Å². The van der Waals surface area contributed by atoms with Crippen LogP contribution in [0.3, 0.4) is 0 Å². The number of nitrogens with zero attached hydrogens (tertiary/aromatic N) is 2.